The van der Waals surface area contributed by atoms with Gasteiger partial charge in [0, 0.05) is 0 Å². The summed E-state index contributed by atoms with van der Waals surface area (Å²) in [6.45, 7) is 4.00. The molecule has 160 valence electrons. The van der Waals surface area contributed by atoms with Crippen molar-refractivity contribution in [3.63, 3.8) is 0 Å². The van der Waals surface area contributed by atoms with Gasteiger partial charge < -0.3 is 4.74 Å². The molecule has 0 radical (unpaired) electrons. The Labute approximate surface area is 175 Å². The van der Waals surface area contributed by atoms with Crippen LogP contribution >= 0.6 is 0 Å². The Morgan fingerprint density at radius 1 is 0.931 bits per heavy atom. The van der Waals surface area contributed by atoms with Gasteiger partial charge in [0.1, 0.15) is 0 Å². The maximum absolute atomic E-state index is 14.6. The molecule has 0 saturated heterocycles. The van der Waals surface area contributed by atoms with Gasteiger partial charge in [-0.25, -0.2) is 4.39 Å². The molecule has 0 spiro atoms. The zero-order valence-corrected chi connectivity index (χ0v) is 18.0. The largest absolute Gasteiger partial charge is 0.462 e. The van der Waals surface area contributed by atoms with E-state index in [-0.39, 0.29) is 11.7 Å². The molecule has 29 heavy (non-hydrogen) atoms. The summed E-state index contributed by atoms with van der Waals surface area (Å²) in [6.07, 6.45) is 19.8. The van der Waals surface area contributed by atoms with Gasteiger partial charge in [-0.05, 0) is 100 Å². The van der Waals surface area contributed by atoms with Gasteiger partial charge >= 0.3 is 0 Å². The highest BCUT2D eigenvalue weighted by Gasteiger charge is 2.32. The Hall–Kier alpha value is -1.64. The first-order valence-corrected chi connectivity index (χ1v) is 11.6. The second-order valence-electron chi connectivity index (χ2n) is 8.87. The number of allylic oxidation sites excluding steroid dienone is 3. The van der Waals surface area contributed by atoms with Crippen LogP contribution in [0.1, 0.15) is 89.5 Å². The minimum atomic E-state index is -0.864. The van der Waals surface area contributed by atoms with Crippen LogP contribution in [-0.2, 0) is 0 Å². The first-order valence-electron chi connectivity index (χ1n) is 11.6. The highest BCUT2D eigenvalue weighted by Crippen LogP contribution is 2.45. The molecule has 0 amide bonds. The lowest BCUT2D eigenvalue weighted by Gasteiger charge is -2.37. The number of benzene rings is 1. The lowest BCUT2D eigenvalue weighted by atomic mass is 9.68. The van der Waals surface area contributed by atoms with Crippen LogP contribution in [0.5, 0.6) is 5.75 Å². The summed E-state index contributed by atoms with van der Waals surface area (Å²) in [7, 11) is 0. The van der Waals surface area contributed by atoms with E-state index in [1.165, 1.54) is 44.8 Å². The van der Waals surface area contributed by atoms with Gasteiger partial charge in [0.05, 0.1) is 6.26 Å². The lowest BCUT2D eigenvalue weighted by molar-refractivity contribution is 0.170. The molecule has 3 rings (SSSR count). The zero-order valence-electron chi connectivity index (χ0n) is 18.0. The fraction of sp³-hybridized carbons (Fsp3) is 0.615. The molecule has 1 nitrogen and oxygen atoms in total. The van der Waals surface area contributed by atoms with Crippen molar-refractivity contribution >= 4 is 0 Å². The first-order chi connectivity index (χ1) is 14.1. The van der Waals surface area contributed by atoms with E-state index in [0.29, 0.717) is 5.56 Å². The van der Waals surface area contributed by atoms with Crippen molar-refractivity contribution in [2.75, 3.05) is 0 Å². The average Bonchev–Trinajstić information content (AvgIpc) is 2.76. The maximum atomic E-state index is 14.6. The Morgan fingerprint density at radius 2 is 1.59 bits per heavy atom. The molecular formula is C26H36F2O. The highest BCUT2D eigenvalue weighted by molar-refractivity contribution is 5.33. The minimum absolute atomic E-state index is 0.0391. The average molecular weight is 403 g/mol. The molecule has 2 fully saturated rings. The van der Waals surface area contributed by atoms with E-state index < -0.39 is 11.6 Å². The summed E-state index contributed by atoms with van der Waals surface area (Å²) < 4.78 is 34.1. The molecule has 0 N–H and O–H groups in total. The molecule has 0 bridgehead atoms. The molecule has 0 aliphatic heterocycles. The molecule has 0 atom stereocenters. The van der Waals surface area contributed by atoms with Crippen LogP contribution < -0.4 is 4.74 Å². The second-order valence-corrected chi connectivity index (χ2v) is 8.87. The number of hydrogen-bond donors (Lipinski definition) is 0. The van der Waals surface area contributed by atoms with Crippen molar-refractivity contribution in [3.8, 4) is 5.75 Å². The van der Waals surface area contributed by atoms with Gasteiger partial charge in [0.15, 0.2) is 11.6 Å². The van der Waals surface area contributed by atoms with Crippen LogP contribution in [0.3, 0.4) is 0 Å². The predicted molar refractivity (Wildman–Crippen MR) is 116 cm³/mol. The lowest BCUT2D eigenvalue weighted by Crippen LogP contribution is -2.25. The van der Waals surface area contributed by atoms with Gasteiger partial charge in [0.25, 0.3) is 0 Å². The van der Waals surface area contributed by atoms with E-state index >= 15 is 0 Å². The van der Waals surface area contributed by atoms with Crippen molar-refractivity contribution in [3.05, 3.63) is 53.8 Å². The standard InChI is InChI=1S/C26H36F2O/c1-3-5-6-7-19-8-10-20(11-9-19)21-12-14-22(15-13-21)23-16-17-24(29-18-4-2)26(28)25(23)27/h4,6-7,16-22H,3,5,8-15H2,1-2H3. The molecular weight excluding hydrogens is 366 g/mol. The van der Waals surface area contributed by atoms with E-state index in [4.69, 9.17) is 4.74 Å². The summed E-state index contributed by atoms with van der Waals surface area (Å²) in [4.78, 5) is 0. The van der Waals surface area contributed by atoms with E-state index in [9.17, 15) is 8.78 Å². The summed E-state index contributed by atoms with van der Waals surface area (Å²) in [5, 5.41) is 0. The van der Waals surface area contributed by atoms with E-state index in [2.05, 4.69) is 19.1 Å². The summed E-state index contributed by atoms with van der Waals surface area (Å²) in [5.74, 6) is 0.858. The number of halogens is 2. The van der Waals surface area contributed by atoms with E-state index in [1.807, 2.05) is 0 Å². The summed E-state index contributed by atoms with van der Waals surface area (Å²) in [5.41, 5.74) is 0.526. The molecule has 1 aromatic rings. The fourth-order valence-corrected chi connectivity index (χ4v) is 5.26. The van der Waals surface area contributed by atoms with Crippen molar-refractivity contribution in [1.29, 1.82) is 0 Å². The number of hydrogen-bond acceptors (Lipinski definition) is 1. The van der Waals surface area contributed by atoms with E-state index in [1.54, 1.807) is 25.1 Å². The second kappa shape index (κ2) is 10.9. The van der Waals surface area contributed by atoms with Crippen molar-refractivity contribution in [1.82, 2.24) is 0 Å². The molecule has 2 aliphatic carbocycles. The number of unbranched alkanes of at least 4 members (excludes halogenated alkanes) is 1. The van der Waals surface area contributed by atoms with Gasteiger partial charge in [-0.1, -0.05) is 37.6 Å². The van der Waals surface area contributed by atoms with Crippen molar-refractivity contribution in [2.45, 2.75) is 84.0 Å². The first kappa shape index (κ1) is 22.1. The maximum Gasteiger partial charge on any atom is 0.201 e. The molecule has 1 aromatic carbocycles. The van der Waals surface area contributed by atoms with Crippen LogP contribution in [0.15, 0.2) is 36.6 Å². The van der Waals surface area contributed by atoms with Gasteiger partial charge in [-0.3, -0.25) is 0 Å². The molecule has 2 saturated carbocycles. The van der Waals surface area contributed by atoms with Gasteiger partial charge in [-0.2, -0.15) is 4.39 Å². The third-order valence-electron chi connectivity index (χ3n) is 6.97. The zero-order chi connectivity index (χ0) is 20.6. The molecule has 2 aliphatic rings. The van der Waals surface area contributed by atoms with Crippen molar-refractivity contribution in [2.24, 2.45) is 17.8 Å². The third kappa shape index (κ3) is 5.71. The van der Waals surface area contributed by atoms with E-state index in [0.717, 1.165) is 43.4 Å². The van der Waals surface area contributed by atoms with Gasteiger partial charge in [-0.15, -0.1) is 0 Å². The molecule has 0 aromatic heterocycles. The fourth-order valence-electron chi connectivity index (χ4n) is 5.26. The summed E-state index contributed by atoms with van der Waals surface area (Å²) in [6, 6.07) is 3.28. The quantitative estimate of drug-likeness (QED) is 0.329. The minimum Gasteiger partial charge on any atom is -0.462 e. The van der Waals surface area contributed by atoms with Gasteiger partial charge in [0.2, 0.25) is 5.82 Å². The Balaban J connectivity index is 1.51. The third-order valence-corrected chi connectivity index (χ3v) is 6.97. The Morgan fingerprint density at radius 3 is 2.21 bits per heavy atom. The monoisotopic (exact) mass is 402 g/mol. The van der Waals surface area contributed by atoms with Crippen LogP contribution in [0, 0.1) is 29.4 Å². The number of rotatable bonds is 7. The van der Waals surface area contributed by atoms with Crippen LogP contribution in [0.25, 0.3) is 0 Å². The van der Waals surface area contributed by atoms with Crippen LogP contribution in [-0.4, -0.2) is 0 Å². The Kier molecular flexibility index (Phi) is 8.32. The smallest absolute Gasteiger partial charge is 0.201 e. The topological polar surface area (TPSA) is 9.23 Å². The molecule has 0 unspecified atom stereocenters. The van der Waals surface area contributed by atoms with Crippen LogP contribution in [0.4, 0.5) is 8.78 Å². The summed E-state index contributed by atoms with van der Waals surface area (Å²) >= 11 is 0. The highest BCUT2D eigenvalue weighted by atomic mass is 19.2. The Bertz CT molecular complexity index is 693. The van der Waals surface area contributed by atoms with Crippen molar-refractivity contribution < 1.29 is 13.5 Å². The number of ether oxygens (including phenoxy) is 1. The molecule has 3 heteroatoms. The SMILES string of the molecule is CC=COc1ccc(C2CCC(C3CCC(C=CCCC)CC3)CC2)c(F)c1F. The molecule has 0 heterocycles. The normalized spacial score (nSPS) is 28.3. The van der Waals surface area contributed by atoms with Crippen LogP contribution in [0.2, 0.25) is 0 Å². The predicted octanol–water partition coefficient (Wildman–Crippen LogP) is 8.31.